The zero-order valence-electron chi connectivity index (χ0n) is 10.1. The largest absolute Gasteiger partial charge is 0.378 e. The molecule has 4 heteroatoms. The Balaban J connectivity index is 1.96. The van der Waals surface area contributed by atoms with Crippen molar-refractivity contribution in [1.82, 2.24) is 9.13 Å². The molecule has 1 aromatic heterocycles. The smallest absolute Gasteiger partial charge is 0.328 e. The van der Waals surface area contributed by atoms with Crippen molar-refractivity contribution in [2.75, 3.05) is 6.61 Å². The highest BCUT2D eigenvalue weighted by molar-refractivity contribution is 4.84. The van der Waals surface area contributed by atoms with E-state index in [1.807, 2.05) is 26.2 Å². The molecule has 0 aromatic carbocycles. The Morgan fingerprint density at radius 2 is 2.31 bits per heavy atom. The Bertz CT molecular complexity index is 386. The molecule has 4 nitrogen and oxygen atoms in total. The molecule has 1 fully saturated rings. The van der Waals surface area contributed by atoms with Gasteiger partial charge in [0.1, 0.15) is 0 Å². The van der Waals surface area contributed by atoms with Crippen LogP contribution in [0.25, 0.3) is 0 Å². The zero-order valence-corrected chi connectivity index (χ0v) is 10.1. The number of aryl methyl sites for hydroxylation is 1. The predicted molar refractivity (Wildman–Crippen MR) is 62.7 cm³/mol. The number of ether oxygens (including phenoxy) is 1. The van der Waals surface area contributed by atoms with Crippen molar-refractivity contribution >= 4 is 0 Å². The van der Waals surface area contributed by atoms with Crippen molar-refractivity contribution in [2.45, 2.75) is 51.8 Å². The number of hydrogen-bond acceptors (Lipinski definition) is 2. The highest BCUT2D eigenvalue weighted by Crippen LogP contribution is 2.15. The van der Waals surface area contributed by atoms with Gasteiger partial charge >= 0.3 is 5.69 Å². The normalized spacial score (nSPS) is 20.8. The molecular formula is C12H20N2O2. The minimum Gasteiger partial charge on any atom is -0.378 e. The van der Waals surface area contributed by atoms with Crippen molar-refractivity contribution in [3.8, 4) is 0 Å². The van der Waals surface area contributed by atoms with Gasteiger partial charge in [0, 0.05) is 31.6 Å². The minimum atomic E-state index is 0.0907. The Morgan fingerprint density at radius 3 is 2.88 bits per heavy atom. The summed E-state index contributed by atoms with van der Waals surface area (Å²) >= 11 is 0. The van der Waals surface area contributed by atoms with Gasteiger partial charge in [0.15, 0.2) is 0 Å². The Labute approximate surface area is 95.8 Å². The number of imidazole rings is 1. The maximum Gasteiger partial charge on any atom is 0.328 e. The van der Waals surface area contributed by atoms with Crippen molar-refractivity contribution in [1.29, 1.82) is 0 Å². The third-order valence-electron chi connectivity index (χ3n) is 3.15. The van der Waals surface area contributed by atoms with Crippen LogP contribution in [0.5, 0.6) is 0 Å². The monoisotopic (exact) mass is 224 g/mol. The fraction of sp³-hybridized carbons (Fsp3) is 0.750. The molecule has 2 rings (SSSR count). The molecule has 0 N–H and O–H groups in total. The molecule has 0 radical (unpaired) electrons. The van der Waals surface area contributed by atoms with Crippen LogP contribution in [0.4, 0.5) is 0 Å². The van der Waals surface area contributed by atoms with E-state index in [1.165, 1.54) is 0 Å². The molecule has 0 amide bonds. The predicted octanol–water partition coefficient (Wildman–Crippen LogP) is 1.80. The van der Waals surface area contributed by atoms with Gasteiger partial charge in [-0.25, -0.2) is 4.79 Å². The van der Waals surface area contributed by atoms with Gasteiger partial charge in [-0.15, -0.1) is 0 Å². The molecule has 0 spiro atoms. The summed E-state index contributed by atoms with van der Waals surface area (Å²) in [7, 11) is 0. The molecule has 16 heavy (non-hydrogen) atoms. The average molecular weight is 224 g/mol. The average Bonchev–Trinajstić information content (AvgIpc) is 2.84. The number of nitrogens with zero attached hydrogens (tertiary/aromatic N) is 2. The van der Waals surface area contributed by atoms with Gasteiger partial charge in [-0.2, -0.15) is 0 Å². The van der Waals surface area contributed by atoms with Crippen LogP contribution in [0, 0.1) is 0 Å². The molecule has 1 aliphatic heterocycles. The summed E-state index contributed by atoms with van der Waals surface area (Å²) in [6.07, 6.45) is 7.34. The fourth-order valence-corrected chi connectivity index (χ4v) is 2.15. The molecule has 0 bridgehead atoms. The van der Waals surface area contributed by atoms with E-state index >= 15 is 0 Å². The molecule has 0 saturated carbocycles. The summed E-state index contributed by atoms with van der Waals surface area (Å²) in [5.74, 6) is 0. The first kappa shape index (κ1) is 11.5. The maximum absolute atomic E-state index is 11.9. The van der Waals surface area contributed by atoms with Crippen LogP contribution in [0.2, 0.25) is 0 Å². The third-order valence-corrected chi connectivity index (χ3v) is 3.15. The van der Waals surface area contributed by atoms with Crippen LogP contribution in [-0.2, 0) is 11.3 Å². The first-order valence-electron chi connectivity index (χ1n) is 6.07. The van der Waals surface area contributed by atoms with Gasteiger partial charge in [-0.05, 0) is 33.1 Å². The quantitative estimate of drug-likeness (QED) is 0.782. The van der Waals surface area contributed by atoms with Crippen molar-refractivity contribution in [3.63, 3.8) is 0 Å². The second-order valence-corrected chi connectivity index (χ2v) is 4.70. The molecule has 1 aromatic rings. The molecule has 1 aliphatic rings. The van der Waals surface area contributed by atoms with Crippen LogP contribution >= 0.6 is 0 Å². The summed E-state index contributed by atoms with van der Waals surface area (Å²) in [4.78, 5) is 11.9. The number of rotatable bonds is 4. The third kappa shape index (κ3) is 2.38. The lowest BCUT2D eigenvalue weighted by atomic mass is 10.2. The Kier molecular flexibility index (Phi) is 3.49. The topological polar surface area (TPSA) is 36.2 Å². The standard InChI is InChI=1S/C12H20N2O2/c1-10(2)14-8-7-13(12(14)15)6-5-11-4-3-9-16-11/h7-8,10-11H,3-6,9H2,1-2H3. The van der Waals surface area contributed by atoms with Crippen LogP contribution in [0.1, 0.15) is 39.2 Å². The molecule has 1 atom stereocenters. The van der Waals surface area contributed by atoms with E-state index in [1.54, 1.807) is 9.13 Å². The lowest BCUT2D eigenvalue weighted by molar-refractivity contribution is 0.100. The van der Waals surface area contributed by atoms with E-state index in [9.17, 15) is 4.79 Å². The second-order valence-electron chi connectivity index (χ2n) is 4.70. The van der Waals surface area contributed by atoms with Crippen LogP contribution < -0.4 is 5.69 Å². The number of aromatic nitrogens is 2. The van der Waals surface area contributed by atoms with Gasteiger partial charge in [0.25, 0.3) is 0 Å². The minimum absolute atomic E-state index is 0.0907. The van der Waals surface area contributed by atoms with Crippen molar-refractivity contribution in [3.05, 3.63) is 22.9 Å². The second kappa shape index (κ2) is 4.87. The van der Waals surface area contributed by atoms with E-state index in [2.05, 4.69) is 0 Å². The highest BCUT2D eigenvalue weighted by atomic mass is 16.5. The molecule has 1 unspecified atom stereocenters. The van der Waals surface area contributed by atoms with E-state index < -0.39 is 0 Å². The van der Waals surface area contributed by atoms with Crippen molar-refractivity contribution in [2.24, 2.45) is 0 Å². The zero-order chi connectivity index (χ0) is 11.5. The van der Waals surface area contributed by atoms with E-state index in [-0.39, 0.29) is 11.7 Å². The Hall–Kier alpha value is -1.03. The fourth-order valence-electron chi connectivity index (χ4n) is 2.15. The van der Waals surface area contributed by atoms with E-state index in [0.29, 0.717) is 6.10 Å². The van der Waals surface area contributed by atoms with Crippen LogP contribution in [-0.4, -0.2) is 21.8 Å². The lowest BCUT2D eigenvalue weighted by Gasteiger charge is -2.09. The van der Waals surface area contributed by atoms with Gasteiger partial charge in [0.2, 0.25) is 0 Å². The van der Waals surface area contributed by atoms with Gasteiger partial charge < -0.3 is 4.74 Å². The first-order chi connectivity index (χ1) is 7.68. The summed E-state index contributed by atoms with van der Waals surface area (Å²) in [6.45, 7) is 5.69. The number of hydrogen-bond donors (Lipinski definition) is 0. The van der Waals surface area contributed by atoms with Gasteiger partial charge in [0.05, 0.1) is 6.10 Å². The molecule has 2 heterocycles. The van der Waals surface area contributed by atoms with Crippen LogP contribution in [0.3, 0.4) is 0 Å². The molecular weight excluding hydrogens is 204 g/mol. The first-order valence-corrected chi connectivity index (χ1v) is 6.07. The van der Waals surface area contributed by atoms with Crippen LogP contribution in [0.15, 0.2) is 17.2 Å². The van der Waals surface area contributed by atoms with Gasteiger partial charge in [-0.3, -0.25) is 9.13 Å². The van der Waals surface area contributed by atoms with E-state index in [4.69, 9.17) is 4.74 Å². The van der Waals surface area contributed by atoms with Gasteiger partial charge in [-0.1, -0.05) is 0 Å². The molecule has 1 saturated heterocycles. The Morgan fingerprint density at radius 1 is 1.50 bits per heavy atom. The molecule has 90 valence electrons. The summed E-state index contributed by atoms with van der Waals surface area (Å²) in [6, 6.07) is 0.233. The SMILES string of the molecule is CC(C)n1ccn(CCC2CCCO2)c1=O. The van der Waals surface area contributed by atoms with E-state index in [0.717, 1.165) is 32.4 Å². The van der Waals surface area contributed by atoms with Crippen molar-refractivity contribution < 1.29 is 4.74 Å². The summed E-state index contributed by atoms with van der Waals surface area (Å²) in [5, 5.41) is 0. The summed E-state index contributed by atoms with van der Waals surface area (Å²) < 4.78 is 9.09. The summed E-state index contributed by atoms with van der Waals surface area (Å²) in [5.41, 5.74) is 0.0907. The molecule has 0 aliphatic carbocycles. The maximum atomic E-state index is 11.9. The lowest BCUT2D eigenvalue weighted by Crippen LogP contribution is -2.26. The highest BCUT2D eigenvalue weighted by Gasteiger charge is 2.15.